The molecule has 1 fully saturated rings. The Labute approximate surface area is 122 Å². The fraction of sp³-hybridized carbons (Fsp3) is 0.647. The quantitative estimate of drug-likeness (QED) is 0.774. The molecular formula is C17H27NO2. The van der Waals surface area contributed by atoms with Crippen LogP contribution in [0.15, 0.2) is 24.3 Å². The predicted molar refractivity (Wildman–Crippen MR) is 82.1 cm³/mol. The average molecular weight is 277 g/mol. The van der Waals surface area contributed by atoms with Gasteiger partial charge in [0, 0.05) is 13.2 Å². The first-order valence-electron chi connectivity index (χ1n) is 7.82. The van der Waals surface area contributed by atoms with Crippen LogP contribution in [0.1, 0.15) is 45.1 Å². The van der Waals surface area contributed by atoms with Crippen LogP contribution < -0.4 is 10.1 Å². The van der Waals surface area contributed by atoms with Crippen molar-refractivity contribution in [3.8, 4) is 5.75 Å². The highest BCUT2D eigenvalue weighted by Crippen LogP contribution is 2.16. The molecule has 3 heteroatoms. The summed E-state index contributed by atoms with van der Waals surface area (Å²) in [5.74, 6) is 0.954. The first-order chi connectivity index (χ1) is 9.74. The third-order valence-electron chi connectivity index (χ3n) is 3.52. The average Bonchev–Trinajstić information content (AvgIpc) is 2.44. The first kappa shape index (κ1) is 15.3. The molecule has 20 heavy (non-hydrogen) atoms. The van der Waals surface area contributed by atoms with Crippen LogP contribution in [-0.2, 0) is 11.3 Å². The molecule has 112 valence electrons. The van der Waals surface area contributed by atoms with Crippen LogP contribution in [-0.4, -0.2) is 25.4 Å². The molecular weight excluding hydrogens is 250 g/mol. The topological polar surface area (TPSA) is 30.5 Å². The van der Waals surface area contributed by atoms with E-state index in [1.165, 1.54) is 24.8 Å². The summed E-state index contributed by atoms with van der Waals surface area (Å²) < 4.78 is 11.4. The molecule has 1 aliphatic rings. The summed E-state index contributed by atoms with van der Waals surface area (Å²) in [5.41, 5.74) is 1.27. The van der Waals surface area contributed by atoms with Crippen molar-refractivity contribution in [3.05, 3.63) is 29.8 Å². The first-order valence-corrected chi connectivity index (χ1v) is 7.82. The predicted octanol–water partition coefficient (Wildman–Crippen LogP) is 3.52. The Kier molecular flexibility index (Phi) is 6.34. The Bertz CT molecular complexity index is 386. The number of nitrogens with one attached hydrogen (secondary N) is 1. The molecule has 2 rings (SSSR count). The smallest absolute Gasteiger partial charge is 0.120 e. The van der Waals surface area contributed by atoms with E-state index < -0.39 is 0 Å². The van der Waals surface area contributed by atoms with E-state index in [2.05, 4.69) is 37.4 Å². The van der Waals surface area contributed by atoms with Crippen LogP contribution in [0.3, 0.4) is 0 Å². The highest BCUT2D eigenvalue weighted by molar-refractivity contribution is 5.28. The van der Waals surface area contributed by atoms with E-state index in [-0.39, 0.29) is 6.10 Å². The Morgan fingerprint density at radius 2 is 2.25 bits per heavy atom. The maximum atomic E-state index is 5.73. The minimum atomic E-state index is 0.224. The Hall–Kier alpha value is -1.06. The number of hydrogen-bond donors (Lipinski definition) is 1. The van der Waals surface area contributed by atoms with Gasteiger partial charge in [0.2, 0.25) is 0 Å². The van der Waals surface area contributed by atoms with Crippen molar-refractivity contribution in [3.63, 3.8) is 0 Å². The van der Waals surface area contributed by atoms with E-state index in [0.29, 0.717) is 6.10 Å². The van der Waals surface area contributed by atoms with Gasteiger partial charge in [-0.1, -0.05) is 12.1 Å². The molecule has 1 aliphatic heterocycles. The molecule has 3 nitrogen and oxygen atoms in total. The molecule has 0 saturated carbocycles. The van der Waals surface area contributed by atoms with Crippen LogP contribution >= 0.6 is 0 Å². The summed E-state index contributed by atoms with van der Waals surface area (Å²) in [6.07, 6.45) is 5.57. The van der Waals surface area contributed by atoms with Crippen molar-refractivity contribution < 1.29 is 9.47 Å². The maximum Gasteiger partial charge on any atom is 0.120 e. The van der Waals surface area contributed by atoms with E-state index in [9.17, 15) is 0 Å². The highest BCUT2D eigenvalue weighted by Gasteiger charge is 2.12. The van der Waals surface area contributed by atoms with Gasteiger partial charge in [-0.2, -0.15) is 0 Å². The minimum Gasteiger partial charge on any atom is -0.491 e. The highest BCUT2D eigenvalue weighted by atomic mass is 16.5. The SMILES string of the molecule is CC(C)Oc1cccc(CNCCC2CCCCO2)c1. The largest absolute Gasteiger partial charge is 0.491 e. The normalized spacial score (nSPS) is 19.2. The molecule has 0 radical (unpaired) electrons. The van der Waals surface area contributed by atoms with Crippen LogP contribution in [0, 0.1) is 0 Å². The van der Waals surface area contributed by atoms with Gasteiger partial charge in [-0.25, -0.2) is 0 Å². The summed E-state index contributed by atoms with van der Waals surface area (Å²) in [6.45, 7) is 6.95. The molecule has 1 aromatic carbocycles. The van der Waals surface area contributed by atoms with E-state index in [1.807, 2.05) is 6.07 Å². The van der Waals surface area contributed by atoms with Gasteiger partial charge in [0.15, 0.2) is 0 Å². The van der Waals surface area contributed by atoms with Gasteiger partial charge in [0.05, 0.1) is 12.2 Å². The molecule has 1 aromatic rings. The lowest BCUT2D eigenvalue weighted by molar-refractivity contribution is 0.0115. The Balaban J connectivity index is 1.68. The number of hydrogen-bond acceptors (Lipinski definition) is 3. The van der Waals surface area contributed by atoms with Crippen LogP contribution in [0.4, 0.5) is 0 Å². The summed E-state index contributed by atoms with van der Waals surface area (Å²) in [6, 6.07) is 8.32. The van der Waals surface area contributed by atoms with Crippen molar-refractivity contribution >= 4 is 0 Å². The van der Waals surface area contributed by atoms with Crippen LogP contribution in [0.25, 0.3) is 0 Å². The van der Waals surface area contributed by atoms with Gasteiger partial charge in [0.25, 0.3) is 0 Å². The minimum absolute atomic E-state index is 0.224. The number of ether oxygens (including phenoxy) is 2. The molecule has 1 saturated heterocycles. The van der Waals surface area contributed by atoms with Gasteiger partial charge >= 0.3 is 0 Å². The van der Waals surface area contributed by atoms with Crippen molar-refractivity contribution in [2.45, 2.75) is 58.3 Å². The summed E-state index contributed by atoms with van der Waals surface area (Å²) in [7, 11) is 0. The van der Waals surface area contributed by atoms with Crippen molar-refractivity contribution in [2.75, 3.05) is 13.2 Å². The van der Waals surface area contributed by atoms with Gasteiger partial charge in [-0.15, -0.1) is 0 Å². The number of rotatable bonds is 7. The lowest BCUT2D eigenvalue weighted by Crippen LogP contribution is -2.25. The monoisotopic (exact) mass is 277 g/mol. The zero-order valence-electron chi connectivity index (χ0n) is 12.7. The zero-order chi connectivity index (χ0) is 14.2. The molecule has 0 bridgehead atoms. The fourth-order valence-corrected chi connectivity index (χ4v) is 2.53. The fourth-order valence-electron chi connectivity index (χ4n) is 2.53. The van der Waals surface area contributed by atoms with E-state index in [1.54, 1.807) is 0 Å². The molecule has 1 N–H and O–H groups in total. The van der Waals surface area contributed by atoms with Crippen LogP contribution in [0.2, 0.25) is 0 Å². The lowest BCUT2D eigenvalue weighted by atomic mass is 10.1. The summed E-state index contributed by atoms with van der Waals surface area (Å²) in [5, 5.41) is 3.49. The molecule has 1 unspecified atom stereocenters. The molecule has 0 spiro atoms. The second-order valence-electron chi connectivity index (χ2n) is 5.77. The zero-order valence-corrected chi connectivity index (χ0v) is 12.7. The van der Waals surface area contributed by atoms with Crippen molar-refractivity contribution in [2.24, 2.45) is 0 Å². The molecule has 0 aromatic heterocycles. The van der Waals surface area contributed by atoms with Gasteiger partial charge in [0.1, 0.15) is 5.75 Å². The summed E-state index contributed by atoms with van der Waals surface area (Å²) in [4.78, 5) is 0. The molecule has 1 heterocycles. The molecule has 1 atom stereocenters. The van der Waals surface area contributed by atoms with E-state index >= 15 is 0 Å². The molecule has 0 aliphatic carbocycles. The van der Waals surface area contributed by atoms with Crippen molar-refractivity contribution in [1.82, 2.24) is 5.32 Å². The van der Waals surface area contributed by atoms with Gasteiger partial charge in [-0.3, -0.25) is 0 Å². The van der Waals surface area contributed by atoms with Crippen molar-refractivity contribution in [1.29, 1.82) is 0 Å². The molecule has 0 amide bonds. The van der Waals surface area contributed by atoms with E-state index in [4.69, 9.17) is 9.47 Å². The lowest BCUT2D eigenvalue weighted by Gasteiger charge is -2.22. The van der Waals surface area contributed by atoms with Gasteiger partial charge in [-0.05, 0) is 63.8 Å². The Morgan fingerprint density at radius 3 is 3.00 bits per heavy atom. The van der Waals surface area contributed by atoms with Gasteiger partial charge < -0.3 is 14.8 Å². The number of benzene rings is 1. The van der Waals surface area contributed by atoms with Crippen LogP contribution in [0.5, 0.6) is 5.75 Å². The Morgan fingerprint density at radius 1 is 1.35 bits per heavy atom. The second-order valence-corrected chi connectivity index (χ2v) is 5.77. The third kappa shape index (κ3) is 5.51. The second kappa shape index (κ2) is 8.28. The third-order valence-corrected chi connectivity index (χ3v) is 3.52. The summed E-state index contributed by atoms with van der Waals surface area (Å²) >= 11 is 0. The standard InChI is InChI=1S/C17H27NO2/c1-14(2)20-17-8-5-6-15(12-17)13-18-10-9-16-7-3-4-11-19-16/h5-6,8,12,14,16,18H,3-4,7,9-11,13H2,1-2H3. The maximum absolute atomic E-state index is 5.73. The van der Waals surface area contributed by atoms with E-state index in [0.717, 1.165) is 31.9 Å².